The average Bonchev–Trinajstić information content (AvgIpc) is 2.64. The first kappa shape index (κ1) is 18.8. The van der Waals surface area contributed by atoms with E-state index < -0.39 is 0 Å². The van der Waals surface area contributed by atoms with Crippen LogP contribution in [0.25, 0.3) is 0 Å². The molecule has 1 aliphatic heterocycles. The molecule has 1 fully saturated rings. The Hall–Kier alpha value is -2.98. The molecule has 1 aromatic heterocycles. The number of amides is 1. The van der Waals surface area contributed by atoms with Crippen molar-refractivity contribution in [3.05, 3.63) is 53.0 Å². The summed E-state index contributed by atoms with van der Waals surface area (Å²) in [6, 6.07) is 9.89. The Bertz CT molecular complexity index is 867. The van der Waals surface area contributed by atoms with Crippen molar-refractivity contribution in [1.29, 1.82) is 5.26 Å². The monoisotopic (exact) mass is 367 g/mol. The van der Waals surface area contributed by atoms with Crippen LogP contribution in [0.2, 0.25) is 0 Å². The molecule has 140 valence electrons. The topological polar surface area (TPSA) is 72.3 Å². The number of hydrogen-bond donors (Lipinski definition) is 1. The Morgan fingerprint density at radius 1 is 1.22 bits per heavy atom. The molecule has 0 saturated carbocycles. The normalized spacial score (nSPS) is 14.7. The molecule has 2 heterocycles. The third-order valence-corrected chi connectivity index (χ3v) is 4.60. The third-order valence-electron chi connectivity index (χ3n) is 4.60. The number of rotatable bonds is 4. The minimum Gasteiger partial charge on any atom is -0.353 e. The van der Waals surface area contributed by atoms with Gasteiger partial charge in [-0.3, -0.25) is 9.69 Å². The van der Waals surface area contributed by atoms with Crippen LogP contribution in [0.4, 0.5) is 15.9 Å². The van der Waals surface area contributed by atoms with Crippen LogP contribution < -0.4 is 10.2 Å². The number of piperazine rings is 1. The molecule has 1 saturated heterocycles. The molecule has 0 aliphatic carbocycles. The SMILES string of the molecule is Cc1cc(C)c(C#N)c(N2CCN(CC(=O)Nc3ccc(F)cc3)CC2)n1. The first-order chi connectivity index (χ1) is 13.0. The van der Waals surface area contributed by atoms with E-state index in [1.165, 1.54) is 12.1 Å². The highest BCUT2D eigenvalue weighted by atomic mass is 19.1. The average molecular weight is 367 g/mol. The fourth-order valence-corrected chi connectivity index (χ4v) is 3.24. The van der Waals surface area contributed by atoms with Crippen molar-refractivity contribution >= 4 is 17.4 Å². The van der Waals surface area contributed by atoms with E-state index >= 15 is 0 Å². The van der Waals surface area contributed by atoms with Gasteiger partial charge in [-0.1, -0.05) is 0 Å². The van der Waals surface area contributed by atoms with Gasteiger partial charge in [0.05, 0.1) is 12.1 Å². The summed E-state index contributed by atoms with van der Waals surface area (Å²) in [5, 5.41) is 12.2. The Morgan fingerprint density at radius 2 is 1.89 bits per heavy atom. The second-order valence-electron chi connectivity index (χ2n) is 6.71. The third kappa shape index (κ3) is 4.60. The molecule has 0 radical (unpaired) electrons. The van der Waals surface area contributed by atoms with Crippen LogP contribution in [0.15, 0.2) is 30.3 Å². The highest BCUT2D eigenvalue weighted by molar-refractivity contribution is 5.92. The maximum absolute atomic E-state index is 12.9. The number of anilines is 2. The van der Waals surface area contributed by atoms with Gasteiger partial charge in [-0.05, 0) is 49.7 Å². The molecule has 1 N–H and O–H groups in total. The van der Waals surface area contributed by atoms with Crippen molar-refractivity contribution < 1.29 is 9.18 Å². The van der Waals surface area contributed by atoms with Crippen molar-refractivity contribution in [3.8, 4) is 6.07 Å². The molecule has 6 nitrogen and oxygen atoms in total. The van der Waals surface area contributed by atoms with Crippen LogP contribution in [0.3, 0.4) is 0 Å². The van der Waals surface area contributed by atoms with Gasteiger partial charge in [0.2, 0.25) is 5.91 Å². The summed E-state index contributed by atoms with van der Waals surface area (Å²) in [4.78, 5) is 20.9. The van der Waals surface area contributed by atoms with Crippen LogP contribution in [0.5, 0.6) is 0 Å². The minimum absolute atomic E-state index is 0.128. The van der Waals surface area contributed by atoms with E-state index in [1.54, 1.807) is 12.1 Å². The second-order valence-corrected chi connectivity index (χ2v) is 6.71. The highest BCUT2D eigenvalue weighted by Crippen LogP contribution is 2.23. The molecular formula is C20H22FN5O. The van der Waals surface area contributed by atoms with E-state index in [2.05, 4.69) is 26.2 Å². The highest BCUT2D eigenvalue weighted by Gasteiger charge is 2.22. The molecule has 1 aromatic carbocycles. The maximum atomic E-state index is 12.9. The number of nitriles is 1. The molecule has 1 aliphatic rings. The van der Waals surface area contributed by atoms with Gasteiger partial charge in [0.1, 0.15) is 17.7 Å². The molecule has 0 atom stereocenters. The summed E-state index contributed by atoms with van der Waals surface area (Å²) < 4.78 is 12.9. The van der Waals surface area contributed by atoms with Crippen LogP contribution >= 0.6 is 0 Å². The van der Waals surface area contributed by atoms with Crippen molar-refractivity contribution in [2.45, 2.75) is 13.8 Å². The smallest absolute Gasteiger partial charge is 0.238 e. The Balaban J connectivity index is 1.57. The summed E-state index contributed by atoms with van der Waals surface area (Å²) in [5.41, 5.74) is 3.02. The van der Waals surface area contributed by atoms with Gasteiger partial charge in [-0.25, -0.2) is 9.37 Å². The van der Waals surface area contributed by atoms with Crippen LogP contribution in [-0.4, -0.2) is 48.5 Å². The molecule has 7 heteroatoms. The number of nitrogens with one attached hydrogen (secondary N) is 1. The Morgan fingerprint density at radius 3 is 2.52 bits per heavy atom. The van der Waals surface area contributed by atoms with Gasteiger partial charge in [0.15, 0.2) is 0 Å². The quantitative estimate of drug-likeness (QED) is 0.899. The van der Waals surface area contributed by atoms with Crippen molar-refractivity contribution in [1.82, 2.24) is 9.88 Å². The zero-order valence-corrected chi connectivity index (χ0v) is 15.5. The van der Waals surface area contributed by atoms with Gasteiger partial charge < -0.3 is 10.2 Å². The lowest BCUT2D eigenvalue weighted by Crippen LogP contribution is -2.49. The molecule has 0 unspecified atom stereocenters. The van der Waals surface area contributed by atoms with E-state index in [0.717, 1.165) is 17.1 Å². The summed E-state index contributed by atoms with van der Waals surface area (Å²) >= 11 is 0. The predicted octanol–water partition coefficient (Wildman–Crippen LogP) is 2.47. The molecule has 3 rings (SSSR count). The fourth-order valence-electron chi connectivity index (χ4n) is 3.24. The van der Waals surface area contributed by atoms with E-state index in [1.807, 2.05) is 19.9 Å². The van der Waals surface area contributed by atoms with Gasteiger partial charge in [0.25, 0.3) is 0 Å². The molecule has 27 heavy (non-hydrogen) atoms. The summed E-state index contributed by atoms with van der Waals surface area (Å²) in [6.45, 7) is 6.94. The number of aromatic nitrogens is 1. The fraction of sp³-hybridized carbons (Fsp3) is 0.350. The Kier molecular flexibility index (Phi) is 5.67. The standard InChI is InChI=1S/C20H22FN5O/c1-14-11-15(2)23-20(18(14)12-22)26-9-7-25(8-10-26)13-19(27)24-17-5-3-16(21)4-6-17/h3-6,11H,7-10,13H2,1-2H3,(H,24,27). The van der Waals surface area contributed by atoms with Crippen molar-refractivity contribution in [2.24, 2.45) is 0 Å². The van der Waals surface area contributed by atoms with E-state index in [9.17, 15) is 14.4 Å². The zero-order valence-electron chi connectivity index (χ0n) is 15.5. The molecular weight excluding hydrogens is 345 g/mol. The molecule has 1 amide bonds. The van der Waals surface area contributed by atoms with Gasteiger partial charge >= 0.3 is 0 Å². The molecule has 0 bridgehead atoms. The second kappa shape index (κ2) is 8.14. The maximum Gasteiger partial charge on any atom is 0.238 e. The number of nitrogens with zero attached hydrogens (tertiary/aromatic N) is 4. The van der Waals surface area contributed by atoms with Crippen molar-refractivity contribution in [3.63, 3.8) is 0 Å². The number of halogens is 1. The van der Waals surface area contributed by atoms with Crippen LogP contribution in [0, 0.1) is 31.0 Å². The van der Waals surface area contributed by atoms with Crippen LogP contribution in [0.1, 0.15) is 16.8 Å². The number of aryl methyl sites for hydroxylation is 2. The first-order valence-corrected chi connectivity index (χ1v) is 8.87. The lowest BCUT2D eigenvalue weighted by Gasteiger charge is -2.35. The van der Waals surface area contributed by atoms with Gasteiger partial charge in [-0.15, -0.1) is 0 Å². The lowest BCUT2D eigenvalue weighted by molar-refractivity contribution is -0.117. The van der Waals surface area contributed by atoms with E-state index in [-0.39, 0.29) is 18.3 Å². The predicted molar refractivity (Wildman–Crippen MR) is 102 cm³/mol. The van der Waals surface area contributed by atoms with E-state index in [4.69, 9.17) is 0 Å². The number of carbonyl (C=O) groups is 1. The number of benzene rings is 1. The first-order valence-electron chi connectivity index (χ1n) is 8.87. The van der Waals surface area contributed by atoms with Crippen molar-refractivity contribution in [2.75, 3.05) is 42.9 Å². The molecule has 0 spiro atoms. The Labute approximate surface area is 158 Å². The van der Waals surface area contributed by atoms with Crippen LogP contribution in [-0.2, 0) is 4.79 Å². The lowest BCUT2D eigenvalue weighted by atomic mass is 10.1. The van der Waals surface area contributed by atoms with Gasteiger partial charge in [-0.2, -0.15) is 5.26 Å². The minimum atomic E-state index is -0.333. The number of hydrogen-bond acceptors (Lipinski definition) is 5. The molecule has 2 aromatic rings. The zero-order chi connectivity index (χ0) is 19.4. The number of carbonyl (C=O) groups excluding carboxylic acids is 1. The number of pyridine rings is 1. The van der Waals surface area contributed by atoms with Gasteiger partial charge in [0, 0.05) is 37.6 Å². The summed E-state index contributed by atoms with van der Waals surface area (Å²) in [6.07, 6.45) is 0. The summed E-state index contributed by atoms with van der Waals surface area (Å²) in [7, 11) is 0. The largest absolute Gasteiger partial charge is 0.353 e. The summed E-state index contributed by atoms with van der Waals surface area (Å²) in [5.74, 6) is 0.267. The van der Waals surface area contributed by atoms with E-state index in [0.29, 0.717) is 37.4 Å².